The summed E-state index contributed by atoms with van der Waals surface area (Å²) in [6.07, 6.45) is 3.27. The monoisotopic (exact) mass is 345 g/mol. The number of rotatable bonds is 5. The molecule has 2 aromatic rings. The Labute approximate surface area is 146 Å². The summed E-state index contributed by atoms with van der Waals surface area (Å²) in [7, 11) is 0. The second kappa shape index (κ2) is 8.33. The molecule has 0 bridgehead atoms. The van der Waals surface area contributed by atoms with E-state index in [1.165, 1.54) is 5.56 Å². The molecule has 0 aliphatic carbocycles. The first-order valence-electron chi connectivity index (χ1n) is 8.42. The van der Waals surface area contributed by atoms with Gasteiger partial charge in [0, 0.05) is 20.0 Å². The Balaban J connectivity index is 1.46. The Morgan fingerprint density at radius 3 is 2.88 bits per heavy atom. The third-order valence-electron chi connectivity index (χ3n) is 4.38. The normalized spacial score (nSPS) is 18.4. The number of benzene rings is 1. The topological polar surface area (TPSA) is 59.2 Å². The van der Waals surface area contributed by atoms with Crippen LogP contribution in [0, 0.1) is 6.92 Å². The number of hydrogen-bond donors (Lipinski definition) is 0. The van der Waals surface area contributed by atoms with Crippen LogP contribution in [0.15, 0.2) is 34.9 Å². The van der Waals surface area contributed by atoms with E-state index in [1.54, 1.807) is 18.7 Å². The van der Waals surface area contributed by atoms with Crippen molar-refractivity contribution in [2.45, 2.75) is 37.9 Å². The van der Waals surface area contributed by atoms with Crippen LogP contribution in [0.2, 0.25) is 0 Å². The molecule has 24 heavy (non-hydrogen) atoms. The molecule has 1 amide bonds. The fourth-order valence-electron chi connectivity index (χ4n) is 3.13. The average molecular weight is 345 g/mol. The van der Waals surface area contributed by atoms with Crippen LogP contribution in [-0.4, -0.2) is 39.8 Å². The summed E-state index contributed by atoms with van der Waals surface area (Å²) in [6.45, 7) is 3.48. The zero-order chi connectivity index (χ0) is 16.8. The molecule has 3 rings (SSSR count). The molecule has 1 saturated heterocycles. The number of amides is 1. The summed E-state index contributed by atoms with van der Waals surface area (Å²) in [4.78, 5) is 18.6. The minimum absolute atomic E-state index is 0.217. The minimum Gasteiger partial charge on any atom is -0.342 e. The quantitative estimate of drug-likeness (QED) is 0.831. The summed E-state index contributed by atoms with van der Waals surface area (Å²) in [5, 5.41) is 3.85. The Kier molecular flexibility index (Phi) is 5.91. The van der Waals surface area contributed by atoms with E-state index in [9.17, 15) is 4.79 Å². The maximum atomic E-state index is 12.4. The van der Waals surface area contributed by atoms with Crippen LogP contribution in [0.5, 0.6) is 0 Å². The van der Waals surface area contributed by atoms with Crippen LogP contribution < -0.4 is 0 Å². The van der Waals surface area contributed by atoms with E-state index in [0.717, 1.165) is 32.4 Å². The second-order valence-corrected chi connectivity index (χ2v) is 7.13. The predicted molar refractivity (Wildman–Crippen MR) is 94.8 cm³/mol. The SMILES string of the molecule is Cc1nc(CSCC(=O)N2CCCC(c3ccccc3)CC2)no1. The number of likely N-dealkylation sites (tertiary alicyclic amines) is 1. The van der Waals surface area contributed by atoms with Gasteiger partial charge in [0.2, 0.25) is 11.8 Å². The highest BCUT2D eigenvalue weighted by molar-refractivity contribution is 7.99. The molecule has 2 heterocycles. The van der Waals surface area contributed by atoms with Crippen LogP contribution in [0.4, 0.5) is 0 Å². The van der Waals surface area contributed by atoms with Gasteiger partial charge >= 0.3 is 0 Å². The van der Waals surface area contributed by atoms with Crippen LogP contribution in [0.1, 0.15) is 42.5 Å². The zero-order valence-corrected chi connectivity index (χ0v) is 14.8. The Morgan fingerprint density at radius 2 is 2.12 bits per heavy atom. The zero-order valence-electron chi connectivity index (χ0n) is 14.0. The third-order valence-corrected chi connectivity index (χ3v) is 5.29. The fourth-order valence-corrected chi connectivity index (χ4v) is 3.88. The molecule has 1 aliphatic heterocycles. The first kappa shape index (κ1) is 17.0. The molecule has 128 valence electrons. The van der Waals surface area contributed by atoms with E-state index < -0.39 is 0 Å². The molecule has 0 saturated carbocycles. The van der Waals surface area contributed by atoms with Crippen molar-refractivity contribution < 1.29 is 9.32 Å². The molecule has 1 fully saturated rings. The van der Waals surface area contributed by atoms with Crippen molar-refractivity contribution in [2.75, 3.05) is 18.8 Å². The van der Waals surface area contributed by atoms with E-state index >= 15 is 0 Å². The highest BCUT2D eigenvalue weighted by atomic mass is 32.2. The molecular formula is C18H23N3O2S. The van der Waals surface area contributed by atoms with Crippen LogP contribution in [-0.2, 0) is 10.5 Å². The predicted octanol–water partition coefficient (Wildman–Crippen LogP) is 3.41. The maximum absolute atomic E-state index is 12.4. The highest BCUT2D eigenvalue weighted by Gasteiger charge is 2.21. The van der Waals surface area contributed by atoms with Gasteiger partial charge in [-0.15, -0.1) is 11.8 Å². The minimum atomic E-state index is 0.217. The lowest BCUT2D eigenvalue weighted by molar-refractivity contribution is -0.128. The molecule has 1 aromatic heterocycles. The third kappa shape index (κ3) is 4.60. The van der Waals surface area contributed by atoms with Gasteiger partial charge in [-0.3, -0.25) is 4.79 Å². The average Bonchev–Trinajstić information content (AvgIpc) is 2.86. The number of aryl methyl sites for hydroxylation is 1. The van der Waals surface area contributed by atoms with E-state index in [4.69, 9.17) is 4.52 Å². The molecule has 1 unspecified atom stereocenters. The van der Waals surface area contributed by atoms with Gasteiger partial charge in [-0.2, -0.15) is 4.98 Å². The molecule has 1 atom stereocenters. The standard InChI is InChI=1S/C18H23N3O2S/c1-14-19-17(20-23-14)12-24-13-18(22)21-10-5-8-16(9-11-21)15-6-3-2-4-7-15/h2-4,6-7,16H,5,8-13H2,1H3. The van der Waals surface area contributed by atoms with E-state index in [0.29, 0.717) is 29.1 Å². The van der Waals surface area contributed by atoms with E-state index in [2.05, 4.69) is 40.5 Å². The molecule has 6 heteroatoms. The lowest BCUT2D eigenvalue weighted by Crippen LogP contribution is -2.33. The molecule has 0 N–H and O–H groups in total. The summed E-state index contributed by atoms with van der Waals surface area (Å²) in [6, 6.07) is 10.6. The first-order chi connectivity index (χ1) is 11.7. The maximum Gasteiger partial charge on any atom is 0.232 e. The van der Waals surface area contributed by atoms with Crippen LogP contribution >= 0.6 is 11.8 Å². The summed E-state index contributed by atoms with van der Waals surface area (Å²) < 4.78 is 4.94. The molecule has 1 aromatic carbocycles. The largest absolute Gasteiger partial charge is 0.342 e. The number of aromatic nitrogens is 2. The lowest BCUT2D eigenvalue weighted by Gasteiger charge is -2.20. The number of nitrogens with zero attached hydrogens (tertiary/aromatic N) is 3. The van der Waals surface area contributed by atoms with Gasteiger partial charge in [0.1, 0.15) is 0 Å². The molecule has 1 aliphatic rings. The van der Waals surface area contributed by atoms with Crippen molar-refractivity contribution in [1.82, 2.24) is 15.0 Å². The van der Waals surface area contributed by atoms with Gasteiger partial charge in [0.25, 0.3) is 0 Å². The van der Waals surface area contributed by atoms with Crippen molar-refractivity contribution >= 4 is 17.7 Å². The van der Waals surface area contributed by atoms with Crippen molar-refractivity contribution in [1.29, 1.82) is 0 Å². The molecule has 5 nitrogen and oxygen atoms in total. The van der Waals surface area contributed by atoms with Crippen LogP contribution in [0.3, 0.4) is 0 Å². The van der Waals surface area contributed by atoms with Gasteiger partial charge in [-0.05, 0) is 30.7 Å². The Hall–Kier alpha value is -1.82. The van der Waals surface area contributed by atoms with Gasteiger partial charge in [-0.25, -0.2) is 0 Å². The molecule has 0 radical (unpaired) electrons. The van der Waals surface area contributed by atoms with Gasteiger partial charge < -0.3 is 9.42 Å². The van der Waals surface area contributed by atoms with Gasteiger partial charge in [0.15, 0.2) is 5.82 Å². The van der Waals surface area contributed by atoms with Crippen molar-refractivity contribution in [3.8, 4) is 0 Å². The lowest BCUT2D eigenvalue weighted by atomic mass is 9.92. The first-order valence-corrected chi connectivity index (χ1v) is 9.57. The van der Waals surface area contributed by atoms with Gasteiger partial charge in [-0.1, -0.05) is 35.5 Å². The second-order valence-electron chi connectivity index (χ2n) is 6.14. The van der Waals surface area contributed by atoms with E-state index in [-0.39, 0.29) is 5.91 Å². The smallest absolute Gasteiger partial charge is 0.232 e. The highest BCUT2D eigenvalue weighted by Crippen LogP contribution is 2.28. The Bertz CT molecular complexity index is 659. The Morgan fingerprint density at radius 1 is 1.29 bits per heavy atom. The molecule has 0 spiro atoms. The number of carbonyl (C=O) groups excluding carboxylic acids is 1. The van der Waals surface area contributed by atoms with E-state index in [1.807, 2.05) is 4.90 Å². The summed E-state index contributed by atoms with van der Waals surface area (Å²) in [5.74, 6) is 3.10. The van der Waals surface area contributed by atoms with Crippen molar-refractivity contribution in [3.63, 3.8) is 0 Å². The number of hydrogen-bond acceptors (Lipinski definition) is 5. The van der Waals surface area contributed by atoms with Crippen molar-refractivity contribution in [2.24, 2.45) is 0 Å². The molecular weight excluding hydrogens is 322 g/mol. The number of carbonyl (C=O) groups is 1. The van der Waals surface area contributed by atoms with Crippen LogP contribution in [0.25, 0.3) is 0 Å². The summed E-state index contributed by atoms with van der Waals surface area (Å²) in [5.41, 5.74) is 1.40. The number of thioether (sulfide) groups is 1. The van der Waals surface area contributed by atoms with Gasteiger partial charge in [0.05, 0.1) is 11.5 Å². The summed E-state index contributed by atoms with van der Waals surface area (Å²) >= 11 is 1.55. The van der Waals surface area contributed by atoms with Crippen molar-refractivity contribution in [3.05, 3.63) is 47.6 Å². The fraction of sp³-hybridized carbons (Fsp3) is 0.500.